The molecular weight excluding hydrogens is 316 g/mol. The second-order valence-electron chi connectivity index (χ2n) is 5.62. The zero-order chi connectivity index (χ0) is 14.5. The molecule has 20 heavy (non-hydrogen) atoms. The van der Waals surface area contributed by atoms with Crippen LogP contribution in [0.1, 0.15) is 44.2 Å². The van der Waals surface area contributed by atoms with Crippen LogP contribution < -0.4 is 5.73 Å². The van der Waals surface area contributed by atoms with Crippen molar-refractivity contribution >= 4 is 15.9 Å². The number of hydrogen-bond donors (Lipinski definition) is 2. The quantitative estimate of drug-likeness (QED) is 0.801. The predicted molar refractivity (Wildman–Crippen MR) is 86.6 cm³/mol. The molecule has 0 spiro atoms. The van der Waals surface area contributed by atoms with Crippen LogP contribution in [0.3, 0.4) is 0 Å². The second kappa shape index (κ2) is 7.55. The smallest absolute Gasteiger partial charge is 0.0558 e. The molecule has 1 aromatic carbocycles. The van der Waals surface area contributed by atoms with Gasteiger partial charge in [-0.25, -0.2) is 0 Å². The number of hydrogen-bond acceptors (Lipinski definition) is 3. The molecular formula is C16H25BrN2O. The summed E-state index contributed by atoms with van der Waals surface area (Å²) in [6.07, 6.45) is 4.67. The Morgan fingerprint density at radius 2 is 2.20 bits per heavy atom. The third-order valence-corrected chi connectivity index (χ3v) is 4.82. The van der Waals surface area contributed by atoms with Gasteiger partial charge in [0.15, 0.2) is 0 Å². The van der Waals surface area contributed by atoms with Crippen LogP contribution in [0.5, 0.6) is 0 Å². The third kappa shape index (κ3) is 3.61. The molecule has 3 nitrogen and oxygen atoms in total. The van der Waals surface area contributed by atoms with Crippen LogP contribution in [0.25, 0.3) is 0 Å². The van der Waals surface area contributed by atoms with Crippen LogP contribution in [0.15, 0.2) is 28.7 Å². The van der Waals surface area contributed by atoms with E-state index in [9.17, 15) is 5.11 Å². The van der Waals surface area contributed by atoms with E-state index in [0.717, 1.165) is 10.9 Å². The number of aliphatic hydroxyl groups excluding tert-OH is 1. The van der Waals surface area contributed by atoms with Crippen molar-refractivity contribution in [2.45, 2.75) is 50.7 Å². The molecule has 1 aromatic rings. The van der Waals surface area contributed by atoms with Gasteiger partial charge < -0.3 is 10.8 Å². The van der Waals surface area contributed by atoms with Crippen LogP contribution in [0.2, 0.25) is 0 Å². The van der Waals surface area contributed by atoms with Gasteiger partial charge in [-0.1, -0.05) is 41.4 Å². The topological polar surface area (TPSA) is 49.5 Å². The maximum Gasteiger partial charge on any atom is 0.0558 e. The molecule has 0 bridgehead atoms. The van der Waals surface area contributed by atoms with E-state index >= 15 is 0 Å². The fraction of sp³-hybridized carbons (Fsp3) is 0.625. The van der Waals surface area contributed by atoms with E-state index in [2.05, 4.69) is 46.0 Å². The molecule has 1 fully saturated rings. The summed E-state index contributed by atoms with van der Waals surface area (Å²) in [5.41, 5.74) is 7.65. The van der Waals surface area contributed by atoms with Crippen molar-refractivity contribution < 1.29 is 5.11 Å². The summed E-state index contributed by atoms with van der Waals surface area (Å²) >= 11 is 3.55. The first-order valence-electron chi connectivity index (χ1n) is 7.55. The number of nitrogens with two attached hydrogens (primary N) is 1. The van der Waals surface area contributed by atoms with E-state index in [1.54, 1.807) is 0 Å². The molecule has 1 aliphatic carbocycles. The van der Waals surface area contributed by atoms with E-state index in [1.807, 2.05) is 6.07 Å². The lowest BCUT2D eigenvalue weighted by Crippen LogP contribution is -2.49. The molecule has 0 saturated heterocycles. The van der Waals surface area contributed by atoms with E-state index in [1.165, 1.54) is 24.8 Å². The third-order valence-electron chi connectivity index (χ3n) is 4.33. The van der Waals surface area contributed by atoms with Crippen molar-refractivity contribution in [2.24, 2.45) is 5.73 Å². The summed E-state index contributed by atoms with van der Waals surface area (Å²) in [5.74, 6) is 0. The molecule has 4 heteroatoms. The molecule has 1 saturated carbocycles. The largest absolute Gasteiger partial charge is 0.395 e. The lowest BCUT2D eigenvalue weighted by Gasteiger charge is -2.44. The van der Waals surface area contributed by atoms with Gasteiger partial charge in [0.2, 0.25) is 0 Å². The molecule has 3 N–H and O–H groups in total. The van der Waals surface area contributed by atoms with Crippen LogP contribution in [0.4, 0.5) is 0 Å². The fourth-order valence-electron chi connectivity index (χ4n) is 2.98. The first kappa shape index (κ1) is 16.0. The van der Waals surface area contributed by atoms with E-state index in [-0.39, 0.29) is 18.7 Å². The number of halogens is 1. The maximum atomic E-state index is 9.42. The van der Waals surface area contributed by atoms with Crippen molar-refractivity contribution in [3.63, 3.8) is 0 Å². The van der Waals surface area contributed by atoms with Crippen molar-refractivity contribution in [2.75, 3.05) is 13.2 Å². The SMILES string of the molecule is CCC(N)C(c1cccc(Br)c1)N(CCO)C1CCC1. The van der Waals surface area contributed by atoms with Crippen LogP contribution >= 0.6 is 15.9 Å². The van der Waals surface area contributed by atoms with Crippen molar-refractivity contribution in [3.8, 4) is 0 Å². The predicted octanol–water partition coefficient (Wildman–Crippen LogP) is 3.07. The molecule has 2 atom stereocenters. The Bertz CT molecular complexity index is 423. The number of nitrogens with zero attached hydrogens (tertiary/aromatic N) is 1. The molecule has 0 radical (unpaired) electrons. The van der Waals surface area contributed by atoms with Crippen molar-refractivity contribution in [1.29, 1.82) is 0 Å². The summed E-state index contributed by atoms with van der Waals surface area (Å²) in [6, 6.07) is 9.26. The van der Waals surface area contributed by atoms with Crippen LogP contribution in [-0.2, 0) is 0 Å². The number of rotatable bonds is 7. The minimum Gasteiger partial charge on any atom is -0.395 e. The lowest BCUT2D eigenvalue weighted by atomic mass is 9.87. The Labute approximate surface area is 130 Å². The van der Waals surface area contributed by atoms with Gasteiger partial charge in [-0.3, -0.25) is 4.90 Å². The minimum absolute atomic E-state index is 0.0939. The highest BCUT2D eigenvalue weighted by molar-refractivity contribution is 9.10. The Balaban J connectivity index is 2.29. The average molecular weight is 341 g/mol. The van der Waals surface area contributed by atoms with Gasteiger partial charge in [0.25, 0.3) is 0 Å². The number of benzene rings is 1. The van der Waals surface area contributed by atoms with Crippen LogP contribution in [0, 0.1) is 0 Å². The summed E-state index contributed by atoms with van der Waals surface area (Å²) < 4.78 is 1.08. The molecule has 2 rings (SSSR count). The second-order valence-corrected chi connectivity index (χ2v) is 6.53. The zero-order valence-electron chi connectivity index (χ0n) is 12.1. The highest BCUT2D eigenvalue weighted by atomic mass is 79.9. The summed E-state index contributed by atoms with van der Waals surface area (Å²) in [6.45, 7) is 3.03. The van der Waals surface area contributed by atoms with Gasteiger partial charge in [-0.2, -0.15) is 0 Å². The summed E-state index contributed by atoms with van der Waals surface area (Å²) in [5, 5.41) is 9.42. The zero-order valence-corrected chi connectivity index (χ0v) is 13.7. The first-order valence-corrected chi connectivity index (χ1v) is 8.34. The molecule has 1 aliphatic rings. The van der Waals surface area contributed by atoms with Gasteiger partial charge in [-0.05, 0) is 37.0 Å². The normalized spacial score (nSPS) is 18.9. The highest BCUT2D eigenvalue weighted by Gasteiger charge is 2.33. The standard InChI is InChI=1S/C16H25BrN2O/c1-2-15(18)16(12-5-3-6-13(17)11-12)19(9-10-20)14-7-4-8-14/h3,5-6,11,14-16,20H,2,4,7-10,18H2,1H3. The van der Waals surface area contributed by atoms with E-state index in [0.29, 0.717) is 12.6 Å². The van der Waals surface area contributed by atoms with Gasteiger partial charge in [-0.15, -0.1) is 0 Å². The molecule has 0 amide bonds. The molecule has 2 unspecified atom stereocenters. The Kier molecular flexibility index (Phi) is 6.02. The van der Waals surface area contributed by atoms with E-state index < -0.39 is 0 Å². The minimum atomic E-state index is 0.0939. The fourth-order valence-corrected chi connectivity index (χ4v) is 3.40. The molecule has 0 heterocycles. The highest BCUT2D eigenvalue weighted by Crippen LogP contribution is 2.35. The monoisotopic (exact) mass is 340 g/mol. The molecule has 112 valence electrons. The van der Waals surface area contributed by atoms with Gasteiger partial charge >= 0.3 is 0 Å². The van der Waals surface area contributed by atoms with Crippen molar-refractivity contribution in [1.82, 2.24) is 4.90 Å². The Hall–Kier alpha value is -0.420. The maximum absolute atomic E-state index is 9.42. The lowest BCUT2D eigenvalue weighted by molar-refractivity contribution is 0.0473. The van der Waals surface area contributed by atoms with Crippen LogP contribution in [-0.4, -0.2) is 35.2 Å². The molecule has 0 aliphatic heterocycles. The first-order chi connectivity index (χ1) is 9.67. The van der Waals surface area contributed by atoms with Gasteiger partial charge in [0, 0.05) is 23.1 Å². The van der Waals surface area contributed by atoms with Crippen molar-refractivity contribution in [3.05, 3.63) is 34.3 Å². The van der Waals surface area contributed by atoms with E-state index in [4.69, 9.17) is 5.73 Å². The Morgan fingerprint density at radius 1 is 1.45 bits per heavy atom. The van der Waals surface area contributed by atoms with Gasteiger partial charge in [0.1, 0.15) is 0 Å². The molecule has 0 aromatic heterocycles. The summed E-state index contributed by atoms with van der Waals surface area (Å²) in [7, 11) is 0. The number of aliphatic hydroxyl groups is 1. The summed E-state index contributed by atoms with van der Waals surface area (Å²) in [4.78, 5) is 2.42. The Morgan fingerprint density at radius 3 is 2.70 bits per heavy atom. The average Bonchev–Trinajstić information content (AvgIpc) is 2.37. The van der Waals surface area contributed by atoms with Gasteiger partial charge in [0.05, 0.1) is 12.6 Å².